The van der Waals surface area contributed by atoms with Crippen LogP contribution in [0.1, 0.15) is 61.9 Å². The monoisotopic (exact) mass is 355 g/mol. The number of fused-ring (bicyclic) bond motifs is 1. The molecule has 0 radical (unpaired) electrons. The van der Waals surface area contributed by atoms with Gasteiger partial charge in [-0.05, 0) is 47.9 Å². The van der Waals surface area contributed by atoms with Crippen LogP contribution in [-0.2, 0) is 10.2 Å². The number of nitrogens with zero attached hydrogens (tertiary/aromatic N) is 1. The van der Waals surface area contributed by atoms with Crippen molar-refractivity contribution in [2.75, 3.05) is 20.3 Å². The Labute approximate surface area is 155 Å². The lowest BCUT2D eigenvalue weighted by Crippen LogP contribution is -2.33. The summed E-state index contributed by atoms with van der Waals surface area (Å²) in [5, 5.41) is 10.9. The molecule has 0 bridgehead atoms. The molecule has 4 rings (SSSR count). The van der Waals surface area contributed by atoms with Gasteiger partial charge in [-0.25, -0.2) is 0 Å². The topological polar surface area (TPSA) is 59.2 Å². The lowest BCUT2D eigenvalue weighted by atomic mass is 9.86. The fraction of sp³-hybridized carbons (Fsp3) is 0.571. The van der Waals surface area contributed by atoms with Gasteiger partial charge in [0.25, 0.3) is 0 Å². The molecule has 2 aromatic rings. The maximum absolute atomic E-state index is 6.07. The van der Waals surface area contributed by atoms with Crippen LogP contribution in [0, 0.1) is 5.92 Å². The lowest BCUT2D eigenvalue weighted by molar-refractivity contribution is -0.0285. The third kappa shape index (κ3) is 3.26. The van der Waals surface area contributed by atoms with Gasteiger partial charge in [0, 0.05) is 36.9 Å². The SMILES string of the molecule is COc1ccc2c(c1)C(C)(C)CC2NC[C@@H]1CCCO[C@H]1c1cn[nH]c1. The minimum Gasteiger partial charge on any atom is -0.497 e. The molecule has 0 amide bonds. The first kappa shape index (κ1) is 17.6. The molecule has 5 nitrogen and oxygen atoms in total. The molecule has 2 heterocycles. The average Bonchev–Trinajstić information content (AvgIpc) is 3.27. The largest absolute Gasteiger partial charge is 0.497 e. The fourth-order valence-electron chi connectivity index (χ4n) is 4.60. The number of methoxy groups -OCH3 is 1. The molecule has 1 aromatic heterocycles. The number of nitrogens with one attached hydrogen (secondary N) is 2. The van der Waals surface area contributed by atoms with Crippen molar-refractivity contribution in [2.24, 2.45) is 5.92 Å². The molecule has 1 aliphatic heterocycles. The Hall–Kier alpha value is -1.85. The van der Waals surface area contributed by atoms with Crippen LogP contribution in [0.15, 0.2) is 30.6 Å². The van der Waals surface area contributed by atoms with E-state index in [0.29, 0.717) is 12.0 Å². The summed E-state index contributed by atoms with van der Waals surface area (Å²) in [5.74, 6) is 1.42. The summed E-state index contributed by atoms with van der Waals surface area (Å²) in [5.41, 5.74) is 4.13. The molecule has 0 spiro atoms. The molecule has 2 N–H and O–H groups in total. The van der Waals surface area contributed by atoms with E-state index in [-0.39, 0.29) is 11.5 Å². The second-order valence-electron chi connectivity index (χ2n) is 8.23. The Bertz CT molecular complexity index is 742. The Morgan fingerprint density at radius 3 is 3.04 bits per heavy atom. The third-order valence-corrected chi connectivity index (χ3v) is 6.00. The van der Waals surface area contributed by atoms with Crippen LogP contribution in [-0.4, -0.2) is 30.5 Å². The van der Waals surface area contributed by atoms with Gasteiger partial charge in [0.2, 0.25) is 0 Å². The van der Waals surface area contributed by atoms with Crippen molar-refractivity contribution < 1.29 is 9.47 Å². The van der Waals surface area contributed by atoms with Crippen LogP contribution in [0.2, 0.25) is 0 Å². The minimum atomic E-state index is 0.139. The Kier molecular flexibility index (Phi) is 4.76. The highest BCUT2D eigenvalue weighted by molar-refractivity contribution is 5.45. The summed E-state index contributed by atoms with van der Waals surface area (Å²) < 4.78 is 11.5. The number of hydrogen-bond acceptors (Lipinski definition) is 4. The number of ether oxygens (including phenoxy) is 2. The molecule has 3 atom stereocenters. The van der Waals surface area contributed by atoms with Gasteiger partial charge in [-0.2, -0.15) is 5.10 Å². The van der Waals surface area contributed by atoms with E-state index in [9.17, 15) is 0 Å². The molecule has 1 saturated heterocycles. The maximum atomic E-state index is 6.07. The van der Waals surface area contributed by atoms with Crippen LogP contribution in [0.3, 0.4) is 0 Å². The maximum Gasteiger partial charge on any atom is 0.119 e. The molecular weight excluding hydrogens is 326 g/mol. The predicted octanol–water partition coefficient (Wildman–Crippen LogP) is 3.90. The highest BCUT2D eigenvalue weighted by Crippen LogP contribution is 2.46. The highest BCUT2D eigenvalue weighted by atomic mass is 16.5. The van der Waals surface area contributed by atoms with E-state index in [1.807, 2.05) is 12.4 Å². The highest BCUT2D eigenvalue weighted by Gasteiger charge is 2.38. The van der Waals surface area contributed by atoms with Crippen molar-refractivity contribution in [1.82, 2.24) is 15.5 Å². The van der Waals surface area contributed by atoms with Gasteiger partial charge in [0.1, 0.15) is 5.75 Å². The van der Waals surface area contributed by atoms with Crippen molar-refractivity contribution in [2.45, 2.75) is 50.7 Å². The quantitative estimate of drug-likeness (QED) is 0.854. The number of hydrogen-bond donors (Lipinski definition) is 2. The van der Waals surface area contributed by atoms with Gasteiger partial charge in [0.05, 0.1) is 19.4 Å². The van der Waals surface area contributed by atoms with Crippen LogP contribution in [0.5, 0.6) is 5.75 Å². The zero-order chi connectivity index (χ0) is 18.1. The van der Waals surface area contributed by atoms with Crippen LogP contribution in [0.4, 0.5) is 0 Å². The van der Waals surface area contributed by atoms with Crippen LogP contribution < -0.4 is 10.1 Å². The summed E-state index contributed by atoms with van der Waals surface area (Å²) in [6, 6.07) is 6.89. The molecule has 2 aliphatic rings. The second-order valence-corrected chi connectivity index (χ2v) is 8.23. The van der Waals surface area contributed by atoms with E-state index < -0.39 is 0 Å². The third-order valence-electron chi connectivity index (χ3n) is 6.00. The summed E-state index contributed by atoms with van der Waals surface area (Å²) >= 11 is 0. The van der Waals surface area contributed by atoms with Gasteiger partial charge >= 0.3 is 0 Å². The van der Waals surface area contributed by atoms with E-state index in [1.54, 1.807) is 7.11 Å². The molecule has 1 unspecified atom stereocenters. The molecule has 140 valence electrons. The molecular formula is C21H29N3O2. The summed E-state index contributed by atoms with van der Waals surface area (Å²) in [7, 11) is 1.73. The van der Waals surface area contributed by atoms with Gasteiger partial charge < -0.3 is 14.8 Å². The van der Waals surface area contributed by atoms with Crippen molar-refractivity contribution in [3.8, 4) is 5.75 Å². The zero-order valence-corrected chi connectivity index (χ0v) is 15.9. The Balaban J connectivity index is 1.48. The van der Waals surface area contributed by atoms with Gasteiger partial charge in [-0.3, -0.25) is 5.10 Å². The van der Waals surface area contributed by atoms with E-state index >= 15 is 0 Å². The van der Waals surface area contributed by atoms with Crippen molar-refractivity contribution >= 4 is 0 Å². The van der Waals surface area contributed by atoms with Crippen molar-refractivity contribution in [3.63, 3.8) is 0 Å². The minimum absolute atomic E-state index is 0.139. The first-order valence-electron chi connectivity index (χ1n) is 9.60. The van der Waals surface area contributed by atoms with Crippen molar-refractivity contribution in [1.29, 1.82) is 0 Å². The Morgan fingerprint density at radius 2 is 2.27 bits per heavy atom. The normalized spacial score (nSPS) is 27.3. The summed E-state index contributed by atoms with van der Waals surface area (Å²) in [4.78, 5) is 0. The van der Waals surface area contributed by atoms with Gasteiger partial charge in [-0.15, -0.1) is 0 Å². The zero-order valence-electron chi connectivity index (χ0n) is 15.9. The smallest absolute Gasteiger partial charge is 0.119 e. The number of benzene rings is 1. The first-order chi connectivity index (χ1) is 12.6. The van der Waals surface area contributed by atoms with Crippen LogP contribution >= 0.6 is 0 Å². The van der Waals surface area contributed by atoms with Gasteiger partial charge in [0.15, 0.2) is 0 Å². The van der Waals surface area contributed by atoms with E-state index in [4.69, 9.17) is 9.47 Å². The number of aromatic nitrogens is 2. The van der Waals surface area contributed by atoms with Gasteiger partial charge in [-0.1, -0.05) is 19.9 Å². The number of H-pyrrole nitrogens is 1. The predicted molar refractivity (Wildman–Crippen MR) is 101 cm³/mol. The second kappa shape index (κ2) is 7.05. The summed E-state index contributed by atoms with van der Waals surface area (Å²) in [6.07, 6.45) is 7.42. The van der Waals surface area contributed by atoms with E-state index in [2.05, 4.69) is 47.6 Å². The number of rotatable bonds is 5. The standard InChI is InChI=1S/C21H29N3O2/c1-21(2)10-19(17-7-6-16(25-3)9-18(17)21)22-11-14-5-4-8-26-20(14)15-12-23-24-13-15/h6-7,9,12-14,19-20,22H,4-5,8,10-11H2,1-3H3,(H,23,24)/t14-,19?,20+/m0/s1. The molecule has 26 heavy (non-hydrogen) atoms. The molecule has 1 aliphatic carbocycles. The molecule has 5 heteroatoms. The molecule has 0 saturated carbocycles. The van der Waals surface area contributed by atoms with Crippen molar-refractivity contribution in [3.05, 3.63) is 47.3 Å². The first-order valence-corrected chi connectivity index (χ1v) is 9.60. The fourth-order valence-corrected chi connectivity index (χ4v) is 4.60. The molecule has 1 fully saturated rings. The van der Waals surface area contributed by atoms with E-state index in [1.165, 1.54) is 17.5 Å². The van der Waals surface area contributed by atoms with E-state index in [0.717, 1.165) is 37.3 Å². The summed E-state index contributed by atoms with van der Waals surface area (Å²) in [6.45, 7) is 6.45. The average molecular weight is 355 g/mol. The number of aromatic amines is 1. The molecule has 1 aromatic carbocycles. The van der Waals surface area contributed by atoms with Crippen LogP contribution in [0.25, 0.3) is 0 Å². The Morgan fingerprint density at radius 1 is 1.38 bits per heavy atom. The lowest BCUT2D eigenvalue weighted by Gasteiger charge is -2.32.